The molecular weight excluding hydrogens is 420 g/mol. The first-order chi connectivity index (χ1) is 14.9. The summed E-state index contributed by atoms with van der Waals surface area (Å²) in [6, 6.07) is -4.20. The van der Waals surface area contributed by atoms with Crippen molar-refractivity contribution in [2.75, 3.05) is 6.54 Å². The van der Waals surface area contributed by atoms with Gasteiger partial charge in [0.15, 0.2) is 0 Å². The first kappa shape index (κ1) is 29.3. The highest BCUT2D eigenvalue weighted by molar-refractivity contribution is 5.94. The Balaban J connectivity index is 5.46. The molecule has 0 aromatic rings. The Bertz CT molecular complexity index is 656. The van der Waals surface area contributed by atoms with Crippen molar-refractivity contribution >= 4 is 29.6 Å². The number of hydrogen-bond donors (Lipinski definition) is 7. The molecule has 0 heterocycles. The normalized spacial score (nSPS) is 15.5. The van der Waals surface area contributed by atoms with Crippen LogP contribution in [0.5, 0.6) is 0 Å². The van der Waals surface area contributed by atoms with Crippen molar-refractivity contribution in [3.63, 3.8) is 0 Å². The van der Waals surface area contributed by atoms with Gasteiger partial charge in [-0.15, -0.1) is 0 Å². The molecule has 0 radical (unpaired) electrons. The second-order valence-electron chi connectivity index (χ2n) is 7.91. The fraction of sp³-hybridized carbons (Fsp3) is 0.750. The number of primary amides is 1. The lowest BCUT2D eigenvalue weighted by Gasteiger charge is -2.28. The molecular formula is C20H38N6O6. The molecule has 0 fully saturated rings. The summed E-state index contributed by atoms with van der Waals surface area (Å²) < 4.78 is 0. The first-order valence-electron chi connectivity index (χ1n) is 10.8. The summed E-state index contributed by atoms with van der Waals surface area (Å²) in [5.41, 5.74) is 16.1. The van der Waals surface area contributed by atoms with Crippen LogP contribution < -0.4 is 33.2 Å². The van der Waals surface area contributed by atoms with Gasteiger partial charge < -0.3 is 38.3 Å². The van der Waals surface area contributed by atoms with E-state index in [0.717, 1.165) is 0 Å². The van der Waals surface area contributed by atoms with Gasteiger partial charge in [0.05, 0.1) is 6.04 Å². The predicted molar refractivity (Wildman–Crippen MR) is 118 cm³/mol. The van der Waals surface area contributed by atoms with E-state index in [-0.39, 0.29) is 25.2 Å². The third-order valence-electron chi connectivity index (χ3n) is 5.08. The van der Waals surface area contributed by atoms with E-state index in [1.165, 1.54) is 6.92 Å². The Morgan fingerprint density at radius 2 is 1.47 bits per heavy atom. The lowest BCUT2D eigenvalue weighted by Crippen LogP contribution is -2.58. The third kappa shape index (κ3) is 11.0. The molecule has 0 aromatic carbocycles. The Hall–Kier alpha value is -2.73. The molecule has 0 saturated carbocycles. The molecule has 0 bridgehead atoms. The standard InChI is InChI=1S/C20H38N6O6/c1-4-11(2)16(19(30)25-14(20(31)32)7-5-6-10-21)26-18(29)13(8-9-15(23)27)24-17(28)12(3)22/h11-14,16H,4-10,21-22H2,1-3H3,(H2,23,27)(H,24,28)(H,25,30)(H,26,29)(H,31,32). The maximum Gasteiger partial charge on any atom is 0.326 e. The summed E-state index contributed by atoms with van der Waals surface area (Å²) >= 11 is 0. The number of carbonyl (C=O) groups excluding carboxylic acids is 4. The Morgan fingerprint density at radius 1 is 0.875 bits per heavy atom. The van der Waals surface area contributed by atoms with E-state index in [9.17, 15) is 29.1 Å². The minimum Gasteiger partial charge on any atom is -0.480 e. The molecule has 4 amide bonds. The van der Waals surface area contributed by atoms with Crippen LogP contribution in [0.1, 0.15) is 59.3 Å². The highest BCUT2D eigenvalue weighted by atomic mass is 16.4. The number of carboxylic acid groups (broad SMARTS) is 1. The van der Waals surface area contributed by atoms with Gasteiger partial charge in [-0.25, -0.2) is 4.79 Å². The number of nitrogens with two attached hydrogens (primary N) is 3. The van der Waals surface area contributed by atoms with Crippen LogP contribution in [0.3, 0.4) is 0 Å². The van der Waals surface area contributed by atoms with Crippen LogP contribution in [0.25, 0.3) is 0 Å². The number of nitrogens with one attached hydrogen (secondary N) is 3. The van der Waals surface area contributed by atoms with Crippen LogP contribution in [-0.4, -0.2) is 65.4 Å². The van der Waals surface area contributed by atoms with Crippen molar-refractivity contribution in [3.8, 4) is 0 Å². The van der Waals surface area contributed by atoms with E-state index >= 15 is 0 Å². The van der Waals surface area contributed by atoms with Crippen LogP contribution in [0.2, 0.25) is 0 Å². The molecule has 0 spiro atoms. The van der Waals surface area contributed by atoms with Crippen LogP contribution in [0.15, 0.2) is 0 Å². The molecule has 5 atom stereocenters. The SMILES string of the molecule is CCC(C)C(NC(=O)C(CCC(N)=O)NC(=O)C(C)N)C(=O)NC(CCCCN)C(=O)O. The summed E-state index contributed by atoms with van der Waals surface area (Å²) in [7, 11) is 0. The van der Waals surface area contributed by atoms with Gasteiger partial charge >= 0.3 is 5.97 Å². The Kier molecular flexibility index (Phi) is 13.8. The number of rotatable bonds is 16. The fourth-order valence-electron chi connectivity index (χ4n) is 2.83. The summed E-state index contributed by atoms with van der Waals surface area (Å²) in [5, 5.41) is 16.9. The predicted octanol–water partition coefficient (Wildman–Crippen LogP) is -1.69. The maximum atomic E-state index is 12.9. The number of hydrogen-bond acceptors (Lipinski definition) is 7. The van der Waals surface area contributed by atoms with Gasteiger partial charge in [0.1, 0.15) is 18.1 Å². The summed E-state index contributed by atoms with van der Waals surface area (Å²) in [5.74, 6) is -4.14. The molecule has 0 aliphatic heterocycles. The topological polar surface area (TPSA) is 220 Å². The molecule has 5 unspecified atom stereocenters. The molecule has 12 heteroatoms. The molecule has 12 nitrogen and oxygen atoms in total. The zero-order chi connectivity index (χ0) is 24.8. The zero-order valence-electron chi connectivity index (χ0n) is 19.1. The van der Waals surface area contributed by atoms with Crippen molar-refractivity contribution in [1.29, 1.82) is 0 Å². The second-order valence-corrected chi connectivity index (χ2v) is 7.91. The van der Waals surface area contributed by atoms with Crippen molar-refractivity contribution in [1.82, 2.24) is 16.0 Å². The molecule has 0 aromatic heterocycles. The largest absolute Gasteiger partial charge is 0.480 e. The van der Waals surface area contributed by atoms with Gasteiger partial charge in [0.25, 0.3) is 0 Å². The number of carbonyl (C=O) groups is 5. The van der Waals surface area contributed by atoms with Gasteiger partial charge in [-0.3, -0.25) is 19.2 Å². The van der Waals surface area contributed by atoms with E-state index in [2.05, 4.69) is 16.0 Å². The van der Waals surface area contributed by atoms with Crippen LogP contribution >= 0.6 is 0 Å². The smallest absolute Gasteiger partial charge is 0.326 e. The average molecular weight is 459 g/mol. The lowest BCUT2D eigenvalue weighted by atomic mass is 9.96. The third-order valence-corrected chi connectivity index (χ3v) is 5.08. The maximum absolute atomic E-state index is 12.9. The summed E-state index contributed by atoms with van der Waals surface area (Å²) in [6.45, 7) is 5.39. The number of aliphatic carboxylic acids is 1. The van der Waals surface area contributed by atoms with Gasteiger partial charge in [0, 0.05) is 6.42 Å². The Morgan fingerprint density at radius 3 is 1.94 bits per heavy atom. The van der Waals surface area contributed by atoms with E-state index in [1.54, 1.807) is 6.92 Å². The van der Waals surface area contributed by atoms with Gasteiger partial charge in [0.2, 0.25) is 23.6 Å². The monoisotopic (exact) mass is 458 g/mol. The van der Waals surface area contributed by atoms with Crippen molar-refractivity contribution in [2.24, 2.45) is 23.1 Å². The van der Waals surface area contributed by atoms with Gasteiger partial charge in [-0.1, -0.05) is 20.3 Å². The molecule has 184 valence electrons. The molecule has 10 N–H and O–H groups in total. The van der Waals surface area contributed by atoms with Crippen LogP contribution in [0, 0.1) is 5.92 Å². The zero-order valence-corrected chi connectivity index (χ0v) is 19.1. The van der Waals surface area contributed by atoms with Crippen molar-refractivity contribution < 1.29 is 29.1 Å². The van der Waals surface area contributed by atoms with Crippen LogP contribution in [-0.2, 0) is 24.0 Å². The molecule has 0 rings (SSSR count). The second kappa shape index (κ2) is 15.1. The van der Waals surface area contributed by atoms with E-state index in [1.807, 2.05) is 6.92 Å². The molecule has 32 heavy (non-hydrogen) atoms. The van der Waals surface area contributed by atoms with E-state index in [4.69, 9.17) is 17.2 Å². The minimum absolute atomic E-state index is 0.0781. The first-order valence-corrected chi connectivity index (χ1v) is 10.8. The van der Waals surface area contributed by atoms with Gasteiger partial charge in [-0.05, 0) is 45.1 Å². The molecule has 0 aliphatic carbocycles. The number of amides is 4. The quantitative estimate of drug-likeness (QED) is 0.132. The van der Waals surface area contributed by atoms with Gasteiger partial charge in [-0.2, -0.15) is 0 Å². The van der Waals surface area contributed by atoms with Crippen molar-refractivity contribution in [2.45, 2.75) is 83.5 Å². The summed E-state index contributed by atoms with van der Waals surface area (Å²) in [6.07, 6.45) is 1.61. The van der Waals surface area contributed by atoms with Crippen LogP contribution in [0.4, 0.5) is 0 Å². The van der Waals surface area contributed by atoms with E-state index in [0.29, 0.717) is 25.8 Å². The number of unbranched alkanes of at least 4 members (excludes halogenated alkanes) is 1. The number of carboxylic acids is 1. The minimum atomic E-state index is -1.19. The highest BCUT2D eigenvalue weighted by Crippen LogP contribution is 2.11. The molecule has 0 saturated heterocycles. The molecule has 0 aliphatic rings. The van der Waals surface area contributed by atoms with Crippen molar-refractivity contribution in [3.05, 3.63) is 0 Å². The summed E-state index contributed by atoms with van der Waals surface area (Å²) in [4.78, 5) is 60.3. The highest BCUT2D eigenvalue weighted by Gasteiger charge is 2.32. The Labute approximate surface area is 188 Å². The lowest BCUT2D eigenvalue weighted by molar-refractivity contribution is -0.143. The fourth-order valence-corrected chi connectivity index (χ4v) is 2.83. The average Bonchev–Trinajstić information content (AvgIpc) is 2.72. The van der Waals surface area contributed by atoms with E-state index < -0.39 is 53.8 Å².